The van der Waals surface area contributed by atoms with Crippen LogP contribution in [0.5, 0.6) is 0 Å². The van der Waals surface area contributed by atoms with E-state index in [-0.39, 0.29) is 6.61 Å². The molecule has 0 atom stereocenters. The number of imidazole rings is 1. The minimum absolute atomic E-state index is 0.214. The second-order valence-corrected chi connectivity index (χ2v) is 3.09. The summed E-state index contributed by atoms with van der Waals surface area (Å²) in [7, 11) is 1.98. The standard InChI is InChI=1S/C9H17N3O/c1-3-12(4-5-13)7-9-6-10-8-11(9)2/h6,8,13H,3-5,7H2,1-2H3. The average molecular weight is 183 g/mol. The van der Waals surface area contributed by atoms with Crippen LogP contribution >= 0.6 is 0 Å². The Morgan fingerprint density at radius 2 is 2.38 bits per heavy atom. The Morgan fingerprint density at radius 3 is 2.85 bits per heavy atom. The molecular weight excluding hydrogens is 166 g/mol. The lowest BCUT2D eigenvalue weighted by Gasteiger charge is -2.18. The molecule has 0 radical (unpaired) electrons. The number of aliphatic hydroxyl groups is 1. The lowest BCUT2D eigenvalue weighted by molar-refractivity contribution is 0.194. The molecule has 1 rings (SSSR count). The topological polar surface area (TPSA) is 41.3 Å². The minimum atomic E-state index is 0.214. The van der Waals surface area contributed by atoms with Gasteiger partial charge in [-0.1, -0.05) is 6.92 Å². The maximum Gasteiger partial charge on any atom is 0.0945 e. The largest absolute Gasteiger partial charge is 0.395 e. The number of aryl methyl sites for hydroxylation is 1. The average Bonchev–Trinajstić information content (AvgIpc) is 2.51. The highest BCUT2D eigenvalue weighted by molar-refractivity contribution is 4.96. The summed E-state index contributed by atoms with van der Waals surface area (Å²) in [5, 5.41) is 8.80. The molecule has 0 saturated heterocycles. The molecule has 13 heavy (non-hydrogen) atoms. The third kappa shape index (κ3) is 2.82. The number of aliphatic hydroxyl groups excluding tert-OH is 1. The smallest absolute Gasteiger partial charge is 0.0945 e. The van der Waals surface area contributed by atoms with Gasteiger partial charge in [0.25, 0.3) is 0 Å². The Kier molecular flexibility index (Phi) is 3.92. The Bertz CT molecular complexity index is 247. The number of aromatic nitrogens is 2. The molecule has 1 aromatic rings. The molecule has 4 heteroatoms. The molecule has 4 nitrogen and oxygen atoms in total. The summed E-state index contributed by atoms with van der Waals surface area (Å²) in [6.07, 6.45) is 3.65. The SMILES string of the molecule is CCN(CCO)Cc1cncn1C. The number of rotatable bonds is 5. The van der Waals surface area contributed by atoms with E-state index in [9.17, 15) is 0 Å². The van der Waals surface area contributed by atoms with E-state index in [0.717, 1.165) is 19.6 Å². The van der Waals surface area contributed by atoms with Crippen LogP contribution in [-0.2, 0) is 13.6 Å². The van der Waals surface area contributed by atoms with Crippen molar-refractivity contribution >= 4 is 0 Å². The van der Waals surface area contributed by atoms with Crippen molar-refractivity contribution in [3.05, 3.63) is 18.2 Å². The van der Waals surface area contributed by atoms with Crippen molar-refractivity contribution in [3.8, 4) is 0 Å². The van der Waals surface area contributed by atoms with Gasteiger partial charge in [-0.15, -0.1) is 0 Å². The van der Waals surface area contributed by atoms with Gasteiger partial charge in [0.1, 0.15) is 0 Å². The van der Waals surface area contributed by atoms with Gasteiger partial charge in [0.2, 0.25) is 0 Å². The van der Waals surface area contributed by atoms with Gasteiger partial charge < -0.3 is 9.67 Å². The molecule has 1 N–H and O–H groups in total. The van der Waals surface area contributed by atoms with Crippen molar-refractivity contribution in [2.45, 2.75) is 13.5 Å². The normalized spacial score (nSPS) is 11.1. The van der Waals surface area contributed by atoms with Gasteiger partial charge in [-0.25, -0.2) is 4.98 Å². The van der Waals surface area contributed by atoms with E-state index >= 15 is 0 Å². The summed E-state index contributed by atoms with van der Waals surface area (Å²) in [6.45, 7) is 4.83. The molecule has 0 aliphatic carbocycles. The predicted octanol–water partition coefficient (Wildman–Crippen LogP) is 0.234. The summed E-state index contributed by atoms with van der Waals surface area (Å²) < 4.78 is 2.00. The van der Waals surface area contributed by atoms with Gasteiger partial charge in [0.05, 0.1) is 18.6 Å². The highest BCUT2D eigenvalue weighted by Gasteiger charge is 2.04. The Labute approximate surface area is 78.8 Å². The molecule has 0 aliphatic heterocycles. The number of nitrogens with zero attached hydrogens (tertiary/aromatic N) is 3. The van der Waals surface area contributed by atoms with Gasteiger partial charge in [-0.2, -0.15) is 0 Å². The molecule has 1 aromatic heterocycles. The van der Waals surface area contributed by atoms with Crippen molar-refractivity contribution in [1.82, 2.24) is 14.5 Å². The third-order valence-corrected chi connectivity index (χ3v) is 2.17. The van der Waals surface area contributed by atoms with Gasteiger partial charge in [-0.3, -0.25) is 4.90 Å². The van der Waals surface area contributed by atoms with Crippen LogP contribution in [0.4, 0.5) is 0 Å². The molecule has 0 aliphatic rings. The maximum absolute atomic E-state index is 8.80. The van der Waals surface area contributed by atoms with Crippen molar-refractivity contribution in [3.63, 3.8) is 0 Å². The first-order chi connectivity index (χ1) is 6.27. The van der Waals surface area contributed by atoms with E-state index < -0.39 is 0 Å². The van der Waals surface area contributed by atoms with Crippen LogP contribution in [0, 0.1) is 0 Å². The molecule has 0 bridgehead atoms. The fraction of sp³-hybridized carbons (Fsp3) is 0.667. The van der Waals surface area contributed by atoms with E-state index in [1.54, 1.807) is 6.33 Å². The zero-order valence-electron chi connectivity index (χ0n) is 8.27. The van der Waals surface area contributed by atoms with Crippen molar-refractivity contribution in [1.29, 1.82) is 0 Å². The summed E-state index contributed by atoms with van der Waals surface area (Å²) in [5.74, 6) is 0. The van der Waals surface area contributed by atoms with Gasteiger partial charge in [-0.05, 0) is 6.54 Å². The molecule has 0 fully saturated rings. The summed E-state index contributed by atoms with van der Waals surface area (Å²) in [6, 6.07) is 0. The molecule has 0 aromatic carbocycles. The molecule has 0 amide bonds. The number of hydrogen-bond donors (Lipinski definition) is 1. The van der Waals surface area contributed by atoms with Crippen LogP contribution < -0.4 is 0 Å². The third-order valence-electron chi connectivity index (χ3n) is 2.17. The second-order valence-electron chi connectivity index (χ2n) is 3.09. The Balaban J connectivity index is 2.51. The zero-order chi connectivity index (χ0) is 9.68. The highest BCUT2D eigenvalue weighted by Crippen LogP contribution is 2.01. The van der Waals surface area contributed by atoms with Crippen molar-refractivity contribution in [2.24, 2.45) is 7.05 Å². The Morgan fingerprint density at radius 1 is 1.62 bits per heavy atom. The predicted molar refractivity (Wildman–Crippen MR) is 51.2 cm³/mol. The first kappa shape index (κ1) is 10.2. The fourth-order valence-corrected chi connectivity index (χ4v) is 1.26. The van der Waals surface area contributed by atoms with Crippen LogP contribution in [0.1, 0.15) is 12.6 Å². The van der Waals surface area contributed by atoms with Gasteiger partial charge >= 0.3 is 0 Å². The molecule has 0 saturated carbocycles. The molecule has 0 unspecified atom stereocenters. The van der Waals surface area contributed by atoms with E-state index in [1.807, 2.05) is 17.8 Å². The van der Waals surface area contributed by atoms with Crippen LogP contribution in [0.15, 0.2) is 12.5 Å². The van der Waals surface area contributed by atoms with E-state index in [2.05, 4.69) is 16.8 Å². The quantitative estimate of drug-likeness (QED) is 0.710. The second kappa shape index (κ2) is 4.99. The van der Waals surface area contributed by atoms with Crippen LogP contribution in [0.2, 0.25) is 0 Å². The van der Waals surface area contributed by atoms with Crippen molar-refractivity contribution < 1.29 is 5.11 Å². The lowest BCUT2D eigenvalue weighted by Crippen LogP contribution is -2.26. The van der Waals surface area contributed by atoms with Gasteiger partial charge in [0, 0.05) is 26.3 Å². The summed E-state index contributed by atoms with van der Waals surface area (Å²) in [5.41, 5.74) is 1.18. The van der Waals surface area contributed by atoms with E-state index in [0.29, 0.717) is 0 Å². The van der Waals surface area contributed by atoms with Crippen LogP contribution in [0.25, 0.3) is 0 Å². The zero-order valence-corrected chi connectivity index (χ0v) is 8.27. The first-order valence-electron chi connectivity index (χ1n) is 4.56. The lowest BCUT2D eigenvalue weighted by atomic mass is 10.4. The Hall–Kier alpha value is -0.870. The van der Waals surface area contributed by atoms with Crippen LogP contribution in [-0.4, -0.2) is 39.3 Å². The highest BCUT2D eigenvalue weighted by atomic mass is 16.3. The summed E-state index contributed by atoms with van der Waals surface area (Å²) >= 11 is 0. The van der Waals surface area contributed by atoms with Crippen molar-refractivity contribution in [2.75, 3.05) is 19.7 Å². The minimum Gasteiger partial charge on any atom is -0.395 e. The van der Waals surface area contributed by atoms with E-state index in [4.69, 9.17) is 5.11 Å². The monoisotopic (exact) mass is 183 g/mol. The van der Waals surface area contributed by atoms with E-state index in [1.165, 1.54) is 5.69 Å². The fourth-order valence-electron chi connectivity index (χ4n) is 1.26. The first-order valence-corrected chi connectivity index (χ1v) is 4.56. The molecule has 74 valence electrons. The molecule has 1 heterocycles. The molecule has 0 spiro atoms. The molecular formula is C9H17N3O. The van der Waals surface area contributed by atoms with Crippen LogP contribution in [0.3, 0.4) is 0 Å². The van der Waals surface area contributed by atoms with Gasteiger partial charge in [0.15, 0.2) is 0 Å². The number of likely N-dealkylation sites (N-methyl/N-ethyl adjacent to an activating group) is 1. The number of hydrogen-bond acceptors (Lipinski definition) is 3. The maximum atomic E-state index is 8.80. The summed E-state index contributed by atoms with van der Waals surface area (Å²) in [4.78, 5) is 6.22.